The number of para-hydroxylation sites is 2. The van der Waals surface area contributed by atoms with Gasteiger partial charge in [-0.15, -0.1) is 0 Å². The van der Waals surface area contributed by atoms with Gasteiger partial charge in [0.15, 0.2) is 0 Å². The van der Waals surface area contributed by atoms with Crippen molar-refractivity contribution in [3.05, 3.63) is 264 Å². The minimum atomic E-state index is -0.316. The van der Waals surface area contributed by atoms with Gasteiger partial charge >= 0.3 is 0 Å². The molecule has 0 bridgehead atoms. The van der Waals surface area contributed by atoms with Crippen molar-refractivity contribution in [3.63, 3.8) is 0 Å². The van der Waals surface area contributed by atoms with Gasteiger partial charge in [-0.05, 0) is 172 Å². The highest BCUT2D eigenvalue weighted by atomic mass is 19.1. The van der Waals surface area contributed by atoms with Gasteiger partial charge in [-0.2, -0.15) is 0 Å². The van der Waals surface area contributed by atoms with Gasteiger partial charge < -0.3 is 9.80 Å². The van der Waals surface area contributed by atoms with Crippen molar-refractivity contribution in [3.8, 4) is 44.5 Å². The summed E-state index contributed by atoms with van der Waals surface area (Å²) in [5, 5.41) is 6.13. The molecule has 12 rings (SSSR count). The van der Waals surface area contributed by atoms with Crippen LogP contribution in [0.25, 0.3) is 76.8 Å². The lowest BCUT2D eigenvalue weighted by molar-refractivity contribution is 0.627. The number of halogens is 2. The smallest absolute Gasteiger partial charge is 0.147 e. The van der Waals surface area contributed by atoms with E-state index in [-0.39, 0.29) is 11.6 Å². The number of anilines is 6. The first-order valence-electron chi connectivity index (χ1n) is 24.9. The Bertz CT molecular complexity index is 3920. The summed E-state index contributed by atoms with van der Waals surface area (Å²) < 4.78 is 33.9. The lowest BCUT2D eigenvalue weighted by Gasteiger charge is -2.31. The van der Waals surface area contributed by atoms with Gasteiger partial charge in [-0.25, -0.2) is 8.78 Å². The molecule has 0 spiro atoms. The molecule has 4 heteroatoms. The van der Waals surface area contributed by atoms with Gasteiger partial charge in [0.2, 0.25) is 0 Å². The van der Waals surface area contributed by atoms with Gasteiger partial charge in [-0.3, -0.25) is 0 Å². The predicted molar refractivity (Wildman–Crippen MR) is 305 cm³/mol. The van der Waals surface area contributed by atoms with Crippen LogP contribution in [-0.2, 0) is 0 Å². The van der Waals surface area contributed by atoms with Gasteiger partial charge in [0.25, 0.3) is 0 Å². The average molecular weight is 947 g/mol. The zero-order chi connectivity index (χ0) is 49.9. The van der Waals surface area contributed by atoms with Crippen molar-refractivity contribution in [1.29, 1.82) is 0 Å². The van der Waals surface area contributed by atoms with Gasteiger partial charge in [0.05, 0.1) is 22.7 Å². The second kappa shape index (κ2) is 18.4. The summed E-state index contributed by atoms with van der Waals surface area (Å²) in [6.45, 7) is 10.3. The highest BCUT2D eigenvalue weighted by Crippen LogP contribution is 2.50. The van der Waals surface area contributed by atoms with Crippen LogP contribution in [0.2, 0.25) is 0 Å². The van der Waals surface area contributed by atoms with Crippen LogP contribution in [0.15, 0.2) is 224 Å². The van der Waals surface area contributed by atoms with E-state index in [1.54, 1.807) is 24.3 Å². The summed E-state index contributed by atoms with van der Waals surface area (Å²) >= 11 is 0. The molecule has 0 aliphatic carbocycles. The van der Waals surface area contributed by atoms with Crippen LogP contribution in [0.1, 0.15) is 27.8 Å². The molecule has 0 aliphatic heterocycles. The summed E-state index contributed by atoms with van der Waals surface area (Å²) in [7, 11) is 0. The lowest BCUT2D eigenvalue weighted by Crippen LogP contribution is -2.15. The van der Waals surface area contributed by atoms with Crippen molar-refractivity contribution in [1.82, 2.24) is 0 Å². The molecule has 0 atom stereocenters. The predicted octanol–water partition coefficient (Wildman–Crippen LogP) is 20.0. The molecule has 12 aromatic rings. The second-order valence-electron chi connectivity index (χ2n) is 19.6. The summed E-state index contributed by atoms with van der Waals surface area (Å²) in [4.78, 5) is 4.23. The molecule has 0 N–H and O–H groups in total. The van der Waals surface area contributed by atoms with E-state index in [1.807, 2.05) is 32.0 Å². The maximum absolute atomic E-state index is 16.9. The Morgan fingerprint density at radius 3 is 0.986 bits per heavy atom. The van der Waals surface area contributed by atoms with Gasteiger partial charge in [0.1, 0.15) is 11.6 Å². The highest BCUT2D eigenvalue weighted by molar-refractivity contribution is 6.28. The first-order valence-corrected chi connectivity index (χ1v) is 24.9. The first kappa shape index (κ1) is 45.3. The maximum atomic E-state index is 16.9. The minimum Gasteiger partial charge on any atom is -0.307 e. The molecule has 73 heavy (non-hydrogen) atoms. The molecular formula is C69H52F2N2. The fourth-order valence-corrected chi connectivity index (χ4v) is 10.8. The summed E-state index contributed by atoms with van der Waals surface area (Å²) in [5.74, 6) is -0.631. The standard InChI is InChI=1S/C69H52F2N2/c1-43-17-23-49(24-18-43)55-37-54(48-13-7-6-8-14-48)39-58(40-55)72(68-46(4)11-9-15-62(68)70)64-35-31-52-30-34-61-65(36-32-53-29-33-60(64)66(52)67(53)61)73(69-47(5)12-10-16-63(69)71)59-41-56(50-25-19-44(2)20-26-50)38-57(42-59)51-27-21-45(3)22-28-51/h6-42H,1-5H3. The van der Waals surface area contributed by atoms with Crippen LogP contribution in [0.5, 0.6) is 0 Å². The van der Waals surface area contributed by atoms with E-state index in [1.165, 1.54) is 16.7 Å². The van der Waals surface area contributed by atoms with E-state index in [4.69, 9.17) is 0 Å². The van der Waals surface area contributed by atoms with Crippen LogP contribution < -0.4 is 9.80 Å². The van der Waals surface area contributed by atoms with E-state index in [0.29, 0.717) is 11.4 Å². The molecule has 2 nitrogen and oxygen atoms in total. The summed E-state index contributed by atoms with van der Waals surface area (Å²) in [6.07, 6.45) is 0. The van der Waals surface area contributed by atoms with Gasteiger partial charge in [0, 0.05) is 22.1 Å². The molecule has 12 aromatic carbocycles. The number of aryl methyl sites for hydroxylation is 5. The maximum Gasteiger partial charge on any atom is 0.147 e. The number of hydrogen-bond donors (Lipinski definition) is 0. The summed E-state index contributed by atoms with van der Waals surface area (Å²) in [5.41, 5.74) is 17.9. The Morgan fingerprint density at radius 2 is 0.630 bits per heavy atom. The number of hydrogen-bond acceptors (Lipinski definition) is 2. The Kier molecular flexibility index (Phi) is 11.4. The molecule has 0 saturated carbocycles. The molecule has 0 saturated heterocycles. The quantitative estimate of drug-likeness (QED) is 0.126. The molecular weight excluding hydrogens is 895 g/mol. The number of benzene rings is 12. The normalized spacial score (nSPS) is 11.5. The van der Waals surface area contributed by atoms with E-state index >= 15 is 8.78 Å². The SMILES string of the molecule is Cc1ccc(-c2cc(-c3ccccc3)cc(N(c3c(C)cccc3F)c3ccc4ccc5c(N(c6cc(-c7ccc(C)cc7)cc(-c7ccc(C)cc7)c6)c6c(C)cccc6F)ccc6ccc3c4c65)c2)cc1. The van der Waals surface area contributed by atoms with Crippen molar-refractivity contribution in [2.75, 3.05) is 9.80 Å². The van der Waals surface area contributed by atoms with E-state index in [2.05, 4.69) is 213 Å². The third kappa shape index (κ3) is 8.25. The Morgan fingerprint density at radius 1 is 0.288 bits per heavy atom. The summed E-state index contributed by atoms with van der Waals surface area (Å²) in [6, 6.07) is 77.3. The molecule has 352 valence electrons. The fourth-order valence-electron chi connectivity index (χ4n) is 10.8. The molecule has 0 aromatic heterocycles. The minimum absolute atomic E-state index is 0.316. The highest BCUT2D eigenvalue weighted by Gasteiger charge is 2.27. The van der Waals surface area contributed by atoms with Crippen molar-refractivity contribution in [2.45, 2.75) is 34.6 Å². The van der Waals surface area contributed by atoms with Crippen LogP contribution >= 0.6 is 0 Å². The monoisotopic (exact) mass is 946 g/mol. The van der Waals surface area contributed by atoms with Crippen LogP contribution in [0.4, 0.5) is 42.9 Å². The third-order valence-corrected chi connectivity index (χ3v) is 14.5. The number of rotatable bonds is 10. The van der Waals surface area contributed by atoms with Crippen LogP contribution in [-0.4, -0.2) is 0 Å². The fraction of sp³-hybridized carbons (Fsp3) is 0.0725. The Hall–Kier alpha value is -8.86. The van der Waals surface area contributed by atoms with Crippen LogP contribution in [0, 0.1) is 46.3 Å². The zero-order valence-corrected chi connectivity index (χ0v) is 41.5. The van der Waals surface area contributed by atoms with Crippen molar-refractivity contribution >= 4 is 66.4 Å². The molecule has 0 aliphatic rings. The van der Waals surface area contributed by atoms with E-state index < -0.39 is 0 Å². The third-order valence-electron chi connectivity index (χ3n) is 14.5. The molecule has 0 fully saturated rings. The van der Waals surface area contributed by atoms with Gasteiger partial charge in [-0.1, -0.05) is 180 Å². The van der Waals surface area contributed by atoms with Crippen LogP contribution in [0.3, 0.4) is 0 Å². The Labute approximate surface area is 426 Å². The Balaban J connectivity index is 1.13. The second-order valence-corrected chi connectivity index (χ2v) is 19.6. The topological polar surface area (TPSA) is 6.48 Å². The molecule has 0 amide bonds. The molecule has 0 radical (unpaired) electrons. The van der Waals surface area contributed by atoms with Crippen molar-refractivity contribution < 1.29 is 8.78 Å². The van der Waals surface area contributed by atoms with E-state index in [9.17, 15) is 0 Å². The molecule has 0 heterocycles. The average Bonchev–Trinajstić information content (AvgIpc) is 3.41. The first-order chi connectivity index (χ1) is 35.6. The lowest BCUT2D eigenvalue weighted by atomic mass is 9.91. The number of nitrogens with zero attached hydrogens (tertiary/aromatic N) is 2. The largest absolute Gasteiger partial charge is 0.307 e. The molecule has 0 unspecified atom stereocenters. The zero-order valence-electron chi connectivity index (χ0n) is 41.5. The van der Waals surface area contributed by atoms with Crippen molar-refractivity contribution in [2.24, 2.45) is 0 Å². The van der Waals surface area contributed by atoms with E-state index in [0.717, 1.165) is 111 Å².